The number of nitrogens with zero attached hydrogens (tertiary/aromatic N) is 3. The number of hydrogen-bond acceptors (Lipinski definition) is 5. The molecule has 17 heavy (non-hydrogen) atoms. The van der Waals surface area contributed by atoms with E-state index in [-0.39, 0.29) is 0 Å². The van der Waals surface area contributed by atoms with Crippen molar-refractivity contribution >= 4 is 39.7 Å². The number of para-hydroxylation sites is 1. The van der Waals surface area contributed by atoms with Crippen molar-refractivity contribution in [3.8, 4) is 5.69 Å². The zero-order valence-electron chi connectivity index (χ0n) is 8.70. The Morgan fingerprint density at radius 1 is 1.18 bits per heavy atom. The van der Waals surface area contributed by atoms with Gasteiger partial charge < -0.3 is 5.73 Å². The van der Waals surface area contributed by atoms with Gasteiger partial charge in [-0.2, -0.15) is 0 Å². The second-order valence-electron chi connectivity index (χ2n) is 3.45. The lowest BCUT2D eigenvalue weighted by atomic mass is 10.3. The van der Waals surface area contributed by atoms with E-state index in [1.165, 1.54) is 17.7 Å². The van der Waals surface area contributed by atoms with Gasteiger partial charge in [0.15, 0.2) is 9.60 Å². The Morgan fingerprint density at radius 2 is 1.94 bits per heavy atom. The zero-order chi connectivity index (χ0) is 11.8. The summed E-state index contributed by atoms with van der Waals surface area (Å²) in [7, 11) is 0. The van der Waals surface area contributed by atoms with Gasteiger partial charge in [0, 0.05) is 5.69 Å². The van der Waals surface area contributed by atoms with Crippen molar-refractivity contribution in [1.29, 1.82) is 0 Å². The summed E-state index contributed by atoms with van der Waals surface area (Å²) in [5.41, 5.74) is 7.57. The molecule has 4 nitrogen and oxygen atoms in total. The minimum atomic E-state index is 0.473. The van der Waals surface area contributed by atoms with Crippen molar-refractivity contribution in [2.45, 2.75) is 0 Å². The number of hydrogen-bond donors (Lipinski definition) is 1. The summed E-state index contributed by atoms with van der Waals surface area (Å²) in [6.07, 6.45) is 1.46. The molecule has 0 atom stereocenters. The third-order valence-electron chi connectivity index (χ3n) is 2.41. The Morgan fingerprint density at radius 3 is 2.71 bits per heavy atom. The van der Waals surface area contributed by atoms with E-state index in [2.05, 4.69) is 9.97 Å². The highest BCUT2D eigenvalue weighted by Crippen LogP contribution is 2.27. The summed E-state index contributed by atoms with van der Waals surface area (Å²) >= 11 is 6.78. The van der Waals surface area contributed by atoms with Gasteiger partial charge in [-0.1, -0.05) is 29.5 Å². The maximum absolute atomic E-state index is 5.82. The molecule has 84 valence electrons. The molecule has 0 amide bonds. The average molecular weight is 260 g/mol. The second-order valence-corrected chi connectivity index (χ2v) is 5.09. The first-order valence-electron chi connectivity index (χ1n) is 4.95. The molecule has 0 aliphatic rings. The monoisotopic (exact) mass is 260 g/mol. The number of thiazole rings is 1. The van der Waals surface area contributed by atoms with Crippen LogP contribution in [0.25, 0.3) is 16.0 Å². The van der Waals surface area contributed by atoms with Gasteiger partial charge in [-0.05, 0) is 24.4 Å². The molecule has 0 radical (unpaired) electrons. The highest BCUT2D eigenvalue weighted by atomic mass is 32.1. The molecule has 2 aromatic heterocycles. The molecule has 2 heterocycles. The Bertz CT molecular complexity index is 730. The van der Waals surface area contributed by atoms with Gasteiger partial charge in [0.05, 0.1) is 0 Å². The molecule has 0 saturated heterocycles. The molecule has 3 aromatic rings. The molecule has 6 heteroatoms. The van der Waals surface area contributed by atoms with Crippen molar-refractivity contribution in [3.63, 3.8) is 0 Å². The van der Waals surface area contributed by atoms with Crippen LogP contribution in [0.4, 0.5) is 5.82 Å². The van der Waals surface area contributed by atoms with Crippen LogP contribution in [0, 0.1) is 3.95 Å². The highest BCUT2D eigenvalue weighted by molar-refractivity contribution is 7.73. The Balaban J connectivity index is 2.42. The lowest BCUT2D eigenvalue weighted by molar-refractivity contribution is 1.07. The van der Waals surface area contributed by atoms with Gasteiger partial charge >= 0.3 is 0 Å². The number of anilines is 1. The zero-order valence-corrected chi connectivity index (χ0v) is 10.3. The van der Waals surface area contributed by atoms with Gasteiger partial charge in [-0.15, -0.1) is 0 Å². The summed E-state index contributed by atoms with van der Waals surface area (Å²) in [5, 5.41) is 0. The van der Waals surface area contributed by atoms with Gasteiger partial charge in [0.2, 0.25) is 0 Å². The first-order chi connectivity index (χ1) is 8.27. The molecule has 0 saturated carbocycles. The van der Waals surface area contributed by atoms with Crippen molar-refractivity contribution in [2.75, 3.05) is 5.73 Å². The first kappa shape index (κ1) is 10.4. The molecule has 1 aromatic carbocycles. The normalized spacial score (nSPS) is 10.8. The lowest BCUT2D eigenvalue weighted by Crippen LogP contribution is -1.97. The van der Waals surface area contributed by atoms with Crippen LogP contribution in [0.5, 0.6) is 0 Å². The molecule has 0 unspecified atom stereocenters. The van der Waals surface area contributed by atoms with E-state index in [9.17, 15) is 0 Å². The van der Waals surface area contributed by atoms with Crippen molar-refractivity contribution in [2.24, 2.45) is 0 Å². The maximum Gasteiger partial charge on any atom is 0.168 e. The predicted octanol–water partition coefficient (Wildman–Crippen LogP) is 2.79. The summed E-state index contributed by atoms with van der Waals surface area (Å²) in [6.45, 7) is 0. The molecule has 3 rings (SSSR count). The number of nitrogens with two attached hydrogens (primary N) is 1. The fourth-order valence-corrected chi connectivity index (χ4v) is 2.95. The summed E-state index contributed by atoms with van der Waals surface area (Å²) in [4.78, 5) is 8.23. The summed E-state index contributed by atoms with van der Waals surface area (Å²) in [5.74, 6) is 0.473. The predicted molar refractivity (Wildman–Crippen MR) is 72.0 cm³/mol. The van der Waals surface area contributed by atoms with E-state index >= 15 is 0 Å². The van der Waals surface area contributed by atoms with Crippen molar-refractivity contribution in [3.05, 3.63) is 40.6 Å². The van der Waals surface area contributed by atoms with E-state index in [0.717, 1.165) is 20.0 Å². The smallest absolute Gasteiger partial charge is 0.168 e. The Labute approximate surface area is 106 Å². The van der Waals surface area contributed by atoms with Crippen LogP contribution in [0.1, 0.15) is 0 Å². The lowest BCUT2D eigenvalue weighted by Gasteiger charge is -2.03. The van der Waals surface area contributed by atoms with Gasteiger partial charge in [-0.25, -0.2) is 9.97 Å². The summed E-state index contributed by atoms with van der Waals surface area (Å²) in [6, 6.07) is 9.86. The highest BCUT2D eigenvalue weighted by Gasteiger charge is 2.10. The van der Waals surface area contributed by atoms with Crippen LogP contribution < -0.4 is 5.73 Å². The fourth-order valence-electron chi connectivity index (χ4n) is 1.66. The average Bonchev–Trinajstić information content (AvgIpc) is 2.68. The standard InChI is InChI=1S/C11H8N4S2/c12-9-8-10(14-6-13-9)15(11(16)17-8)7-4-2-1-3-5-7/h1-6H,(H2,12,13,14). The summed E-state index contributed by atoms with van der Waals surface area (Å²) < 4.78 is 3.47. The first-order valence-corrected chi connectivity index (χ1v) is 6.17. The van der Waals surface area contributed by atoms with Crippen molar-refractivity contribution < 1.29 is 0 Å². The van der Waals surface area contributed by atoms with E-state index in [1.807, 2.05) is 34.9 Å². The quantitative estimate of drug-likeness (QED) is 0.683. The Kier molecular flexibility index (Phi) is 2.38. The molecule has 0 bridgehead atoms. The molecule has 2 N–H and O–H groups in total. The molecule has 0 aliphatic carbocycles. The van der Waals surface area contributed by atoms with Gasteiger partial charge in [-0.3, -0.25) is 4.57 Å². The topological polar surface area (TPSA) is 56.7 Å². The van der Waals surface area contributed by atoms with Crippen LogP contribution >= 0.6 is 23.6 Å². The molecular formula is C11H8N4S2. The van der Waals surface area contributed by atoms with Gasteiger partial charge in [0.25, 0.3) is 0 Å². The van der Waals surface area contributed by atoms with E-state index < -0.39 is 0 Å². The van der Waals surface area contributed by atoms with Crippen LogP contribution in [0.3, 0.4) is 0 Å². The van der Waals surface area contributed by atoms with Crippen LogP contribution in [-0.4, -0.2) is 14.5 Å². The minimum Gasteiger partial charge on any atom is -0.382 e. The minimum absolute atomic E-state index is 0.473. The second kappa shape index (κ2) is 3.90. The Hall–Kier alpha value is -1.79. The van der Waals surface area contributed by atoms with E-state index in [1.54, 1.807) is 0 Å². The molecule has 0 fully saturated rings. The van der Waals surface area contributed by atoms with Crippen LogP contribution in [0.2, 0.25) is 0 Å². The number of nitrogen functional groups attached to an aromatic ring is 1. The van der Waals surface area contributed by atoms with E-state index in [4.69, 9.17) is 18.0 Å². The van der Waals surface area contributed by atoms with Crippen LogP contribution in [0.15, 0.2) is 36.7 Å². The molecule has 0 spiro atoms. The number of rotatable bonds is 1. The number of aromatic nitrogens is 3. The van der Waals surface area contributed by atoms with E-state index in [0.29, 0.717) is 5.82 Å². The third-order valence-corrected chi connectivity index (χ3v) is 3.80. The third kappa shape index (κ3) is 1.62. The van der Waals surface area contributed by atoms with Crippen molar-refractivity contribution in [1.82, 2.24) is 14.5 Å². The molecular weight excluding hydrogens is 252 g/mol. The number of benzene rings is 1. The maximum atomic E-state index is 5.82. The van der Waals surface area contributed by atoms with Crippen LogP contribution in [-0.2, 0) is 0 Å². The largest absolute Gasteiger partial charge is 0.382 e. The molecule has 0 aliphatic heterocycles. The fraction of sp³-hybridized carbons (Fsp3) is 0. The van der Waals surface area contributed by atoms with Gasteiger partial charge in [0.1, 0.15) is 16.8 Å². The SMILES string of the molecule is Nc1ncnc2c1sc(=S)n2-c1ccccc1. The number of fused-ring (bicyclic) bond motifs is 1.